The van der Waals surface area contributed by atoms with Gasteiger partial charge in [-0.2, -0.15) is 0 Å². The molecule has 0 radical (unpaired) electrons. The zero-order valence-corrected chi connectivity index (χ0v) is 16.2. The molecular weight excluding hydrogens is 360 g/mol. The molecule has 1 aliphatic heterocycles. The zero-order valence-electron chi connectivity index (χ0n) is 15.5. The summed E-state index contributed by atoms with van der Waals surface area (Å²) in [6, 6.07) is 17.9. The smallest absolute Gasteiger partial charge is 0.263 e. The lowest BCUT2D eigenvalue weighted by molar-refractivity contribution is -0.139. The van der Waals surface area contributed by atoms with Crippen molar-refractivity contribution in [3.63, 3.8) is 0 Å². The highest BCUT2D eigenvalue weighted by atomic mass is 35.5. The summed E-state index contributed by atoms with van der Waals surface area (Å²) in [6.07, 6.45) is 1.82. The van der Waals surface area contributed by atoms with Gasteiger partial charge in [0.2, 0.25) is 0 Å². The van der Waals surface area contributed by atoms with Crippen LogP contribution >= 0.6 is 11.6 Å². The summed E-state index contributed by atoms with van der Waals surface area (Å²) in [5.74, 6) is 1.29. The molecule has 1 aliphatic carbocycles. The largest absolute Gasteiger partial charge is 0.481 e. The number of hydrogen-bond donors (Lipinski definition) is 1. The van der Waals surface area contributed by atoms with Gasteiger partial charge in [0.15, 0.2) is 6.10 Å². The Morgan fingerprint density at radius 3 is 2.78 bits per heavy atom. The van der Waals surface area contributed by atoms with E-state index < -0.39 is 6.10 Å². The van der Waals surface area contributed by atoms with Gasteiger partial charge in [-0.15, -0.1) is 0 Å². The molecule has 1 amide bonds. The molecule has 142 valence electrons. The summed E-state index contributed by atoms with van der Waals surface area (Å²) in [6.45, 7) is 3.42. The van der Waals surface area contributed by atoms with E-state index in [0.29, 0.717) is 29.3 Å². The molecule has 5 heteroatoms. The average molecular weight is 385 g/mol. The standard InChI is InChI=1S/C22H25ClN2O2/c1-15(27-18-9-3-2-4-10-18)22(26)25(14-16-7-5-8-17(23)13-16)21-19-11-6-12-24-20(19)21/h2-5,7-10,13,15,19-21,24H,6,11-12,14H2,1H3/t15?,19?,20?,21-/m0/s1. The molecule has 1 N–H and O–H groups in total. The number of para-hydroxylation sites is 1. The van der Waals surface area contributed by atoms with E-state index in [9.17, 15) is 4.79 Å². The van der Waals surface area contributed by atoms with Gasteiger partial charge in [0.1, 0.15) is 5.75 Å². The maximum absolute atomic E-state index is 13.3. The van der Waals surface area contributed by atoms with Crippen molar-refractivity contribution in [2.45, 2.75) is 44.5 Å². The van der Waals surface area contributed by atoms with E-state index >= 15 is 0 Å². The fourth-order valence-electron chi connectivity index (χ4n) is 4.16. The van der Waals surface area contributed by atoms with Crippen LogP contribution < -0.4 is 10.1 Å². The normalized spacial score (nSPS) is 24.6. The number of carbonyl (C=O) groups excluding carboxylic acids is 1. The van der Waals surface area contributed by atoms with E-state index in [4.69, 9.17) is 16.3 Å². The number of rotatable bonds is 6. The van der Waals surface area contributed by atoms with Crippen LogP contribution in [0.3, 0.4) is 0 Å². The minimum atomic E-state index is -0.533. The Labute approximate surface area is 165 Å². The van der Waals surface area contributed by atoms with Crippen LogP contribution in [0.15, 0.2) is 54.6 Å². The highest BCUT2D eigenvalue weighted by Crippen LogP contribution is 2.43. The van der Waals surface area contributed by atoms with Gasteiger partial charge >= 0.3 is 0 Å². The van der Waals surface area contributed by atoms with Crippen molar-refractivity contribution in [1.29, 1.82) is 0 Å². The molecule has 27 heavy (non-hydrogen) atoms. The van der Waals surface area contributed by atoms with Crippen molar-refractivity contribution in [3.8, 4) is 5.75 Å². The zero-order chi connectivity index (χ0) is 18.8. The highest BCUT2D eigenvalue weighted by Gasteiger charge is 2.55. The van der Waals surface area contributed by atoms with Crippen LogP contribution in [0.2, 0.25) is 5.02 Å². The number of nitrogens with zero attached hydrogens (tertiary/aromatic N) is 1. The number of hydrogen-bond acceptors (Lipinski definition) is 3. The first kappa shape index (κ1) is 18.3. The SMILES string of the molecule is CC(Oc1ccccc1)C(=O)N(Cc1cccc(Cl)c1)[C@H]1C2CCCNC21. The average Bonchev–Trinajstić information content (AvgIpc) is 3.40. The third-order valence-corrected chi connectivity index (χ3v) is 5.75. The van der Waals surface area contributed by atoms with Crippen LogP contribution in [0.25, 0.3) is 0 Å². The van der Waals surface area contributed by atoms with Crippen molar-refractivity contribution < 1.29 is 9.53 Å². The van der Waals surface area contributed by atoms with Gasteiger partial charge in [0.25, 0.3) is 5.91 Å². The van der Waals surface area contributed by atoms with Crippen LogP contribution in [0, 0.1) is 5.92 Å². The van der Waals surface area contributed by atoms with E-state index in [1.165, 1.54) is 12.8 Å². The molecule has 3 unspecified atom stereocenters. The van der Waals surface area contributed by atoms with Crippen LogP contribution in [0.4, 0.5) is 0 Å². The minimum Gasteiger partial charge on any atom is -0.481 e. The molecule has 4 atom stereocenters. The van der Waals surface area contributed by atoms with E-state index in [1.54, 1.807) is 0 Å². The molecule has 1 saturated carbocycles. The maximum atomic E-state index is 13.3. The summed E-state index contributed by atoms with van der Waals surface area (Å²) in [5, 5.41) is 4.26. The summed E-state index contributed by atoms with van der Waals surface area (Å²) < 4.78 is 5.91. The first-order valence-electron chi connectivity index (χ1n) is 9.63. The molecule has 1 heterocycles. The lowest BCUT2D eigenvalue weighted by atomic mass is 10.1. The Morgan fingerprint density at radius 2 is 2.07 bits per heavy atom. The van der Waals surface area contributed by atoms with E-state index in [1.807, 2.05) is 66.4 Å². The van der Waals surface area contributed by atoms with Gasteiger partial charge in [-0.3, -0.25) is 4.79 Å². The molecule has 0 aromatic heterocycles. The van der Waals surface area contributed by atoms with Crippen molar-refractivity contribution >= 4 is 17.5 Å². The molecule has 1 saturated heterocycles. The Morgan fingerprint density at radius 1 is 1.26 bits per heavy atom. The highest BCUT2D eigenvalue weighted by molar-refractivity contribution is 6.30. The van der Waals surface area contributed by atoms with Gasteiger partial charge in [-0.25, -0.2) is 0 Å². The van der Waals surface area contributed by atoms with Crippen molar-refractivity contribution in [3.05, 3.63) is 65.2 Å². The molecule has 2 aromatic rings. The molecule has 2 fully saturated rings. The lowest BCUT2D eigenvalue weighted by Gasteiger charge is -2.27. The van der Waals surface area contributed by atoms with Gasteiger partial charge in [0, 0.05) is 17.6 Å². The molecule has 4 rings (SSSR count). The van der Waals surface area contributed by atoms with Crippen LogP contribution in [-0.4, -0.2) is 35.5 Å². The summed E-state index contributed by atoms with van der Waals surface area (Å²) in [5.41, 5.74) is 1.05. The van der Waals surface area contributed by atoms with Crippen LogP contribution in [-0.2, 0) is 11.3 Å². The first-order chi connectivity index (χ1) is 13.1. The second-order valence-corrected chi connectivity index (χ2v) is 7.88. The number of piperidine rings is 1. The van der Waals surface area contributed by atoms with Crippen molar-refractivity contribution in [2.24, 2.45) is 5.92 Å². The fraction of sp³-hybridized carbons (Fsp3) is 0.409. The predicted octanol–water partition coefficient (Wildman–Crippen LogP) is 3.89. The molecule has 4 nitrogen and oxygen atoms in total. The van der Waals surface area contributed by atoms with Crippen molar-refractivity contribution in [2.75, 3.05) is 6.54 Å². The summed E-state index contributed by atoms with van der Waals surface area (Å²) >= 11 is 6.15. The first-order valence-corrected chi connectivity index (χ1v) is 10.0. The second kappa shape index (κ2) is 7.91. The van der Waals surface area contributed by atoms with Crippen molar-refractivity contribution in [1.82, 2.24) is 10.2 Å². The molecule has 0 bridgehead atoms. The summed E-state index contributed by atoms with van der Waals surface area (Å²) in [7, 11) is 0. The third kappa shape index (κ3) is 4.12. The van der Waals surface area contributed by atoms with E-state index in [-0.39, 0.29) is 11.9 Å². The number of nitrogens with one attached hydrogen (secondary N) is 1. The quantitative estimate of drug-likeness (QED) is 0.821. The second-order valence-electron chi connectivity index (χ2n) is 7.45. The number of fused-ring (bicyclic) bond motifs is 1. The third-order valence-electron chi connectivity index (χ3n) is 5.51. The monoisotopic (exact) mass is 384 g/mol. The van der Waals surface area contributed by atoms with Crippen LogP contribution in [0.1, 0.15) is 25.3 Å². The van der Waals surface area contributed by atoms with Gasteiger partial charge in [-0.05, 0) is 62.1 Å². The Hall–Kier alpha value is -2.04. The number of ether oxygens (including phenoxy) is 1. The Balaban J connectivity index is 1.52. The molecule has 2 aromatic carbocycles. The Bertz CT molecular complexity index is 786. The van der Waals surface area contributed by atoms with Crippen LogP contribution in [0.5, 0.6) is 5.75 Å². The number of benzene rings is 2. The lowest BCUT2D eigenvalue weighted by Crippen LogP contribution is -2.43. The maximum Gasteiger partial charge on any atom is 0.263 e. The predicted molar refractivity (Wildman–Crippen MR) is 107 cm³/mol. The van der Waals surface area contributed by atoms with E-state index in [0.717, 1.165) is 12.1 Å². The molecule has 0 spiro atoms. The summed E-state index contributed by atoms with van der Waals surface area (Å²) in [4.78, 5) is 15.3. The minimum absolute atomic E-state index is 0.0278. The van der Waals surface area contributed by atoms with E-state index in [2.05, 4.69) is 5.32 Å². The topological polar surface area (TPSA) is 41.6 Å². The van der Waals surface area contributed by atoms with Gasteiger partial charge in [0.05, 0.1) is 6.04 Å². The Kier molecular flexibility index (Phi) is 5.37. The van der Waals surface area contributed by atoms with Gasteiger partial charge in [-0.1, -0.05) is 41.9 Å². The van der Waals surface area contributed by atoms with Gasteiger partial charge < -0.3 is 15.0 Å². The fourth-order valence-corrected chi connectivity index (χ4v) is 4.37. The molecular formula is C22H25ClN2O2. The number of carbonyl (C=O) groups is 1. The number of amides is 1. The number of halogens is 1. The molecule has 2 aliphatic rings.